The summed E-state index contributed by atoms with van der Waals surface area (Å²) in [4.78, 5) is 25.1. The van der Waals surface area contributed by atoms with Gasteiger partial charge in [0.15, 0.2) is 0 Å². The number of hydrogen-bond donors (Lipinski definition) is 1. The van der Waals surface area contributed by atoms with E-state index in [2.05, 4.69) is 11.4 Å². The van der Waals surface area contributed by atoms with Crippen molar-refractivity contribution < 1.29 is 4.79 Å². The second kappa shape index (κ2) is 5.78. The van der Waals surface area contributed by atoms with Crippen LogP contribution in [0.1, 0.15) is 28.0 Å². The largest absolute Gasteiger partial charge is 0.315 e. The first-order valence-electron chi connectivity index (χ1n) is 7.10. The number of rotatable bonds is 3. The van der Waals surface area contributed by atoms with Crippen LogP contribution in [-0.4, -0.2) is 10.5 Å². The van der Waals surface area contributed by atoms with Crippen LogP contribution in [0, 0.1) is 18.3 Å². The molecule has 1 aliphatic rings. The Morgan fingerprint density at radius 1 is 1.50 bits per heavy atom. The van der Waals surface area contributed by atoms with Gasteiger partial charge in [-0.25, -0.2) is 0 Å². The van der Waals surface area contributed by atoms with Gasteiger partial charge < -0.3 is 9.88 Å². The Kier molecular flexibility index (Phi) is 3.82. The lowest BCUT2D eigenvalue weighted by molar-refractivity contribution is -0.116. The van der Waals surface area contributed by atoms with Gasteiger partial charge >= 0.3 is 0 Å². The lowest BCUT2D eigenvalue weighted by atomic mass is 10.1. The SMILES string of the molecule is Cc1ccn(CC(=O)Nc2sc3c(c2C#N)CCC3)c(=O)c1. The van der Waals surface area contributed by atoms with E-state index < -0.39 is 0 Å². The molecule has 0 unspecified atom stereocenters. The standard InChI is InChI=1S/C16H15N3O2S/c1-10-5-6-19(15(21)7-10)9-14(20)18-16-12(8-17)11-3-2-4-13(11)22-16/h5-7H,2-4,9H2,1H3,(H,18,20). The second-order valence-electron chi connectivity index (χ2n) is 5.39. The maximum atomic E-state index is 12.1. The number of pyridine rings is 1. The smallest absolute Gasteiger partial charge is 0.251 e. The van der Waals surface area contributed by atoms with Gasteiger partial charge in [-0.3, -0.25) is 9.59 Å². The molecule has 5 nitrogen and oxygen atoms in total. The molecule has 0 aromatic carbocycles. The van der Waals surface area contributed by atoms with Gasteiger partial charge in [0.2, 0.25) is 5.91 Å². The molecule has 22 heavy (non-hydrogen) atoms. The molecule has 2 aromatic rings. The van der Waals surface area contributed by atoms with E-state index in [-0.39, 0.29) is 18.0 Å². The van der Waals surface area contributed by atoms with Crippen molar-refractivity contribution in [1.82, 2.24) is 4.57 Å². The molecule has 0 fully saturated rings. The van der Waals surface area contributed by atoms with Crippen molar-refractivity contribution >= 4 is 22.2 Å². The summed E-state index contributed by atoms with van der Waals surface area (Å²) in [6.07, 6.45) is 4.56. The van der Waals surface area contributed by atoms with Gasteiger partial charge in [-0.15, -0.1) is 11.3 Å². The minimum absolute atomic E-state index is 0.0491. The highest BCUT2D eigenvalue weighted by molar-refractivity contribution is 7.16. The fourth-order valence-electron chi connectivity index (χ4n) is 2.67. The number of fused-ring (bicyclic) bond motifs is 1. The summed E-state index contributed by atoms with van der Waals surface area (Å²) >= 11 is 1.48. The molecule has 2 aromatic heterocycles. The molecule has 1 aliphatic carbocycles. The topological polar surface area (TPSA) is 74.9 Å². The fraction of sp³-hybridized carbons (Fsp3) is 0.312. The molecule has 1 amide bonds. The summed E-state index contributed by atoms with van der Waals surface area (Å²) in [5, 5.41) is 12.7. The number of nitriles is 1. The predicted octanol–water partition coefficient (Wildman–Crippen LogP) is 2.22. The Morgan fingerprint density at radius 2 is 2.32 bits per heavy atom. The molecule has 6 heteroatoms. The van der Waals surface area contributed by atoms with Crippen molar-refractivity contribution in [2.24, 2.45) is 0 Å². The summed E-state index contributed by atoms with van der Waals surface area (Å²) in [5.74, 6) is -0.289. The van der Waals surface area contributed by atoms with Crippen LogP contribution in [0.15, 0.2) is 23.1 Å². The highest BCUT2D eigenvalue weighted by atomic mass is 32.1. The zero-order valence-electron chi connectivity index (χ0n) is 12.2. The van der Waals surface area contributed by atoms with Crippen molar-refractivity contribution in [3.8, 4) is 6.07 Å². The Labute approximate surface area is 131 Å². The molecule has 0 radical (unpaired) electrons. The van der Waals surface area contributed by atoms with E-state index in [1.165, 1.54) is 26.8 Å². The molecule has 0 saturated heterocycles. The summed E-state index contributed by atoms with van der Waals surface area (Å²) in [7, 11) is 0. The van der Waals surface area contributed by atoms with E-state index in [0.717, 1.165) is 30.4 Å². The molecule has 0 spiro atoms. The van der Waals surface area contributed by atoms with Crippen LogP contribution in [0.4, 0.5) is 5.00 Å². The van der Waals surface area contributed by atoms with Gasteiger partial charge in [0.25, 0.3) is 5.56 Å². The fourth-order valence-corrected chi connectivity index (χ4v) is 3.92. The summed E-state index contributed by atoms with van der Waals surface area (Å²) in [6, 6.07) is 5.47. The summed E-state index contributed by atoms with van der Waals surface area (Å²) in [5.41, 5.74) is 2.32. The number of amides is 1. The molecule has 0 saturated carbocycles. The Bertz CT molecular complexity index is 842. The van der Waals surface area contributed by atoms with E-state index in [9.17, 15) is 14.9 Å². The van der Waals surface area contributed by atoms with Gasteiger partial charge in [0.05, 0.1) is 5.56 Å². The molecule has 0 atom stereocenters. The van der Waals surface area contributed by atoms with E-state index >= 15 is 0 Å². The first-order chi connectivity index (χ1) is 10.6. The lowest BCUT2D eigenvalue weighted by Crippen LogP contribution is -2.26. The van der Waals surface area contributed by atoms with E-state index in [0.29, 0.717) is 10.6 Å². The van der Waals surface area contributed by atoms with Crippen molar-refractivity contribution in [1.29, 1.82) is 5.26 Å². The van der Waals surface area contributed by atoms with Crippen molar-refractivity contribution in [2.75, 3.05) is 5.32 Å². The number of aryl methyl sites for hydroxylation is 2. The van der Waals surface area contributed by atoms with Gasteiger partial charge in [0.1, 0.15) is 17.6 Å². The highest BCUT2D eigenvalue weighted by Gasteiger charge is 2.23. The first-order valence-corrected chi connectivity index (χ1v) is 7.91. The minimum Gasteiger partial charge on any atom is -0.315 e. The molecule has 3 rings (SSSR count). The third kappa shape index (κ3) is 2.68. The minimum atomic E-state index is -0.289. The van der Waals surface area contributed by atoms with E-state index in [4.69, 9.17) is 0 Å². The van der Waals surface area contributed by atoms with Crippen LogP contribution in [0.25, 0.3) is 0 Å². The zero-order valence-corrected chi connectivity index (χ0v) is 13.0. The monoisotopic (exact) mass is 313 g/mol. The average Bonchev–Trinajstić information content (AvgIpc) is 3.02. The molecule has 112 valence electrons. The van der Waals surface area contributed by atoms with Crippen LogP contribution in [0.3, 0.4) is 0 Å². The number of carbonyl (C=O) groups is 1. The number of hydrogen-bond acceptors (Lipinski definition) is 4. The summed E-state index contributed by atoms with van der Waals surface area (Å²) in [6.45, 7) is 1.78. The number of nitrogens with zero attached hydrogens (tertiary/aromatic N) is 2. The number of anilines is 1. The van der Waals surface area contributed by atoms with Crippen LogP contribution < -0.4 is 10.9 Å². The molecular weight excluding hydrogens is 298 g/mol. The third-order valence-electron chi connectivity index (χ3n) is 3.75. The van der Waals surface area contributed by atoms with E-state index in [1.54, 1.807) is 12.3 Å². The van der Waals surface area contributed by atoms with Gasteiger partial charge in [-0.1, -0.05) is 0 Å². The van der Waals surface area contributed by atoms with Crippen molar-refractivity contribution in [3.05, 3.63) is 50.3 Å². The predicted molar refractivity (Wildman–Crippen MR) is 85.1 cm³/mol. The molecule has 1 N–H and O–H groups in total. The first kappa shape index (κ1) is 14.5. The Morgan fingerprint density at radius 3 is 3.05 bits per heavy atom. The number of aromatic nitrogens is 1. The quantitative estimate of drug-likeness (QED) is 0.944. The average molecular weight is 313 g/mol. The Balaban J connectivity index is 1.78. The Hall–Kier alpha value is -2.39. The number of carbonyl (C=O) groups excluding carboxylic acids is 1. The van der Waals surface area contributed by atoms with Crippen LogP contribution in [-0.2, 0) is 24.2 Å². The van der Waals surface area contributed by atoms with Gasteiger partial charge in [-0.05, 0) is 43.4 Å². The van der Waals surface area contributed by atoms with Crippen LogP contribution in [0.5, 0.6) is 0 Å². The molecular formula is C16H15N3O2S. The lowest BCUT2D eigenvalue weighted by Gasteiger charge is -2.07. The highest BCUT2D eigenvalue weighted by Crippen LogP contribution is 2.38. The van der Waals surface area contributed by atoms with Crippen molar-refractivity contribution in [3.63, 3.8) is 0 Å². The maximum Gasteiger partial charge on any atom is 0.251 e. The molecule has 0 bridgehead atoms. The third-order valence-corrected chi connectivity index (χ3v) is 4.96. The summed E-state index contributed by atoms with van der Waals surface area (Å²) < 4.78 is 1.36. The van der Waals surface area contributed by atoms with Gasteiger partial charge in [0, 0.05) is 17.1 Å². The van der Waals surface area contributed by atoms with E-state index in [1.807, 2.05) is 6.92 Å². The molecule has 0 aliphatic heterocycles. The number of nitrogens with one attached hydrogen (secondary N) is 1. The molecule has 2 heterocycles. The zero-order chi connectivity index (χ0) is 15.7. The second-order valence-corrected chi connectivity index (χ2v) is 6.50. The van der Waals surface area contributed by atoms with Crippen LogP contribution >= 0.6 is 11.3 Å². The normalized spacial score (nSPS) is 12.7. The maximum absolute atomic E-state index is 12.1. The van der Waals surface area contributed by atoms with Gasteiger partial charge in [-0.2, -0.15) is 5.26 Å². The van der Waals surface area contributed by atoms with Crippen LogP contribution in [0.2, 0.25) is 0 Å². The van der Waals surface area contributed by atoms with Crippen molar-refractivity contribution in [2.45, 2.75) is 32.7 Å². The number of thiophene rings is 1.